The fourth-order valence-corrected chi connectivity index (χ4v) is 2.34. The van der Waals surface area contributed by atoms with Gasteiger partial charge in [0, 0.05) is 13.1 Å². The van der Waals surface area contributed by atoms with Crippen molar-refractivity contribution in [3.05, 3.63) is 15.9 Å². The van der Waals surface area contributed by atoms with Crippen LogP contribution < -0.4 is 0 Å². The van der Waals surface area contributed by atoms with Crippen molar-refractivity contribution in [2.75, 3.05) is 19.7 Å². The van der Waals surface area contributed by atoms with Crippen LogP contribution in [-0.2, 0) is 0 Å². The summed E-state index contributed by atoms with van der Waals surface area (Å²) < 4.78 is 0.717. The first kappa shape index (κ1) is 14.2. The van der Waals surface area contributed by atoms with E-state index in [1.165, 1.54) is 0 Å². The number of aromatic nitrogens is 2. The molecule has 17 heavy (non-hydrogen) atoms. The molecule has 0 saturated heterocycles. The van der Waals surface area contributed by atoms with E-state index >= 15 is 0 Å². The van der Waals surface area contributed by atoms with Crippen molar-refractivity contribution >= 4 is 21.8 Å². The lowest BCUT2D eigenvalue weighted by molar-refractivity contribution is 0.0725. The minimum absolute atomic E-state index is 0.0430. The van der Waals surface area contributed by atoms with E-state index in [1.807, 2.05) is 20.8 Å². The molecule has 1 heterocycles. The van der Waals surface area contributed by atoms with E-state index < -0.39 is 0 Å². The fraction of sp³-hybridized carbons (Fsp3) is 0.636. The molecule has 2 N–H and O–H groups in total. The summed E-state index contributed by atoms with van der Waals surface area (Å²) in [5.41, 5.74) is 1.29. The molecular formula is C11H18BrN3O2. The van der Waals surface area contributed by atoms with Gasteiger partial charge in [-0.25, -0.2) is 0 Å². The molecule has 6 heteroatoms. The maximum Gasteiger partial charge on any atom is 0.275 e. The van der Waals surface area contributed by atoms with Crippen LogP contribution in [0.1, 0.15) is 42.9 Å². The van der Waals surface area contributed by atoms with Crippen LogP contribution in [0, 0.1) is 0 Å². The molecule has 0 aliphatic rings. The van der Waals surface area contributed by atoms with Crippen LogP contribution in [-0.4, -0.2) is 45.8 Å². The Labute approximate surface area is 109 Å². The molecule has 1 rings (SSSR count). The highest BCUT2D eigenvalue weighted by Gasteiger charge is 2.22. The first-order valence-electron chi connectivity index (χ1n) is 5.66. The van der Waals surface area contributed by atoms with E-state index in [0.717, 1.165) is 5.69 Å². The number of hydrogen-bond donors (Lipinski definition) is 2. The number of aliphatic hydroxyl groups is 1. The summed E-state index contributed by atoms with van der Waals surface area (Å²) in [6.07, 6.45) is 0. The maximum absolute atomic E-state index is 12.1. The highest BCUT2D eigenvalue weighted by Crippen LogP contribution is 2.26. The van der Waals surface area contributed by atoms with Crippen LogP contribution in [0.25, 0.3) is 0 Å². The van der Waals surface area contributed by atoms with Gasteiger partial charge in [-0.2, -0.15) is 5.10 Å². The summed E-state index contributed by atoms with van der Waals surface area (Å²) in [5, 5.41) is 15.8. The third-order valence-electron chi connectivity index (χ3n) is 2.55. The smallest absolute Gasteiger partial charge is 0.275 e. The van der Waals surface area contributed by atoms with Gasteiger partial charge in [0.15, 0.2) is 5.69 Å². The van der Waals surface area contributed by atoms with Gasteiger partial charge in [-0.3, -0.25) is 9.89 Å². The number of amides is 1. The van der Waals surface area contributed by atoms with Crippen molar-refractivity contribution in [2.45, 2.75) is 26.7 Å². The number of hydrogen-bond acceptors (Lipinski definition) is 3. The van der Waals surface area contributed by atoms with Crippen molar-refractivity contribution in [3.8, 4) is 0 Å². The van der Waals surface area contributed by atoms with Gasteiger partial charge in [-0.1, -0.05) is 13.8 Å². The van der Waals surface area contributed by atoms with Crippen LogP contribution in [0.4, 0.5) is 0 Å². The highest BCUT2D eigenvalue weighted by molar-refractivity contribution is 9.10. The predicted octanol–water partition coefficient (Wildman–Crippen LogP) is 1.75. The number of likely N-dealkylation sites (N-methyl/N-ethyl adjacent to an activating group) is 1. The minimum atomic E-state index is -0.170. The van der Waals surface area contributed by atoms with Crippen molar-refractivity contribution in [1.29, 1.82) is 0 Å². The predicted molar refractivity (Wildman–Crippen MR) is 69.0 cm³/mol. The molecule has 0 bridgehead atoms. The molecule has 0 aromatic carbocycles. The lowest BCUT2D eigenvalue weighted by Crippen LogP contribution is -2.33. The molecule has 0 saturated carbocycles. The summed E-state index contributed by atoms with van der Waals surface area (Å²) in [6, 6.07) is 0. The number of halogens is 1. The van der Waals surface area contributed by atoms with Gasteiger partial charge in [0.05, 0.1) is 16.8 Å². The summed E-state index contributed by atoms with van der Waals surface area (Å²) in [5.74, 6) is 0.0999. The van der Waals surface area contributed by atoms with Gasteiger partial charge in [-0.15, -0.1) is 0 Å². The average molecular weight is 304 g/mol. The van der Waals surface area contributed by atoms with Crippen molar-refractivity contribution < 1.29 is 9.90 Å². The third-order valence-corrected chi connectivity index (χ3v) is 3.35. The molecule has 1 aromatic heterocycles. The summed E-state index contributed by atoms with van der Waals surface area (Å²) in [6.45, 7) is 6.76. The van der Waals surface area contributed by atoms with Crippen LogP contribution in [0.2, 0.25) is 0 Å². The van der Waals surface area contributed by atoms with Gasteiger partial charge in [0.1, 0.15) is 0 Å². The molecular weight excluding hydrogens is 286 g/mol. The lowest BCUT2D eigenvalue weighted by Gasteiger charge is -2.18. The Hall–Kier alpha value is -0.880. The Bertz CT molecular complexity index is 390. The largest absolute Gasteiger partial charge is 0.395 e. The molecule has 1 aromatic rings. The quantitative estimate of drug-likeness (QED) is 0.871. The van der Waals surface area contributed by atoms with Gasteiger partial charge >= 0.3 is 0 Å². The Morgan fingerprint density at radius 2 is 2.24 bits per heavy atom. The summed E-state index contributed by atoms with van der Waals surface area (Å²) in [7, 11) is 0. The second-order valence-electron chi connectivity index (χ2n) is 4.06. The van der Waals surface area contributed by atoms with Crippen molar-refractivity contribution in [3.63, 3.8) is 0 Å². The fourth-order valence-electron chi connectivity index (χ4n) is 1.54. The number of aliphatic hydroxyl groups excluding tert-OH is 1. The average Bonchev–Trinajstić information content (AvgIpc) is 2.67. The second kappa shape index (κ2) is 6.16. The number of nitrogens with zero attached hydrogens (tertiary/aromatic N) is 2. The van der Waals surface area contributed by atoms with Gasteiger partial charge in [-0.05, 0) is 28.8 Å². The zero-order chi connectivity index (χ0) is 13.0. The molecule has 0 radical (unpaired) electrons. The number of rotatable bonds is 5. The zero-order valence-electron chi connectivity index (χ0n) is 10.3. The first-order valence-corrected chi connectivity index (χ1v) is 6.46. The van der Waals surface area contributed by atoms with Crippen molar-refractivity contribution in [2.24, 2.45) is 0 Å². The van der Waals surface area contributed by atoms with Crippen LogP contribution in [0.5, 0.6) is 0 Å². The highest BCUT2D eigenvalue weighted by atomic mass is 79.9. The van der Waals surface area contributed by atoms with E-state index in [1.54, 1.807) is 4.90 Å². The molecule has 0 atom stereocenters. The lowest BCUT2D eigenvalue weighted by atomic mass is 10.1. The minimum Gasteiger partial charge on any atom is -0.395 e. The molecule has 0 unspecified atom stereocenters. The first-order chi connectivity index (χ1) is 8.02. The molecule has 0 aliphatic carbocycles. The topological polar surface area (TPSA) is 69.2 Å². The molecule has 0 spiro atoms. The van der Waals surface area contributed by atoms with Gasteiger partial charge in [0.25, 0.3) is 5.91 Å². The molecule has 0 aliphatic heterocycles. The summed E-state index contributed by atoms with van der Waals surface area (Å²) in [4.78, 5) is 13.7. The van der Waals surface area contributed by atoms with E-state index in [-0.39, 0.29) is 18.4 Å². The molecule has 1 amide bonds. The number of aromatic amines is 1. The third kappa shape index (κ3) is 3.07. The molecule has 96 valence electrons. The zero-order valence-corrected chi connectivity index (χ0v) is 11.9. The van der Waals surface area contributed by atoms with Gasteiger partial charge < -0.3 is 10.0 Å². The Balaban J connectivity index is 2.96. The number of nitrogens with one attached hydrogen (secondary N) is 1. The molecule has 5 nitrogen and oxygen atoms in total. The Morgan fingerprint density at radius 3 is 2.65 bits per heavy atom. The second-order valence-corrected chi connectivity index (χ2v) is 4.86. The number of carbonyl (C=O) groups excluding carboxylic acids is 1. The van der Waals surface area contributed by atoms with Gasteiger partial charge in [0.2, 0.25) is 0 Å². The number of carbonyl (C=O) groups is 1. The Morgan fingerprint density at radius 1 is 1.59 bits per heavy atom. The van der Waals surface area contributed by atoms with Crippen LogP contribution in [0.15, 0.2) is 4.47 Å². The molecule has 0 fully saturated rings. The monoisotopic (exact) mass is 303 g/mol. The van der Waals surface area contributed by atoms with E-state index in [0.29, 0.717) is 23.3 Å². The van der Waals surface area contributed by atoms with E-state index in [2.05, 4.69) is 26.1 Å². The SMILES string of the molecule is CCN(CCO)C(=O)c1n[nH]c(C(C)C)c1Br. The van der Waals surface area contributed by atoms with Crippen LogP contribution >= 0.6 is 15.9 Å². The van der Waals surface area contributed by atoms with Crippen LogP contribution in [0.3, 0.4) is 0 Å². The normalized spacial score (nSPS) is 10.9. The Kier molecular flexibility index (Phi) is 5.14. The summed E-state index contributed by atoms with van der Waals surface area (Å²) >= 11 is 3.40. The van der Waals surface area contributed by atoms with E-state index in [9.17, 15) is 4.79 Å². The standard InChI is InChI=1S/C11H18BrN3O2/c1-4-15(5-6-16)11(17)10-8(12)9(7(2)3)13-14-10/h7,16H,4-6H2,1-3H3,(H,13,14). The van der Waals surface area contributed by atoms with E-state index in [4.69, 9.17) is 5.11 Å². The van der Waals surface area contributed by atoms with Crippen molar-refractivity contribution in [1.82, 2.24) is 15.1 Å². The maximum atomic E-state index is 12.1. The number of H-pyrrole nitrogens is 1.